The molecule has 2 fully saturated rings. The largest absolute Gasteiger partial charge is 0.377 e. The third-order valence-electron chi connectivity index (χ3n) is 4.44. The molecule has 2 saturated heterocycles. The van der Waals surface area contributed by atoms with Crippen LogP contribution in [0.2, 0.25) is 5.02 Å². The van der Waals surface area contributed by atoms with Gasteiger partial charge in [0.15, 0.2) is 9.84 Å². The van der Waals surface area contributed by atoms with Crippen molar-refractivity contribution in [1.29, 1.82) is 0 Å². The van der Waals surface area contributed by atoms with Crippen LogP contribution in [0.4, 0.5) is 0 Å². The molecular formula is C15H20ClNO5S2. The zero-order chi connectivity index (χ0) is 17.4. The molecular weight excluding hydrogens is 374 g/mol. The Morgan fingerprint density at radius 2 is 1.92 bits per heavy atom. The number of sulfonamides is 1. The second kappa shape index (κ2) is 6.92. The van der Waals surface area contributed by atoms with Gasteiger partial charge in [0.05, 0.1) is 22.5 Å². The van der Waals surface area contributed by atoms with Crippen LogP contribution in [0.3, 0.4) is 0 Å². The number of hydrogen-bond donors (Lipinski definition) is 0. The first-order valence-corrected chi connectivity index (χ1v) is 11.5. The molecule has 0 amide bonds. The van der Waals surface area contributed by atoms with Gasteiger partial charge in [-0.25, -0.2) is 16.8 Å². The van der Waals surface area contributed by atoms with Gasteiger partial charge >= 0.3 is 0 Å². The van der Waals surface area contributed by atoms with Crippen molar-refractivity contribution < 1.29 is 21.6 Å². The quantitative estimate of drug-likeness (QED) is 0.760. The first-order chi connectivity index (χ1) is 11.3. The molecule has 0 N–H and O–H groups in total. The highest BCUT2D eigenvalue weighted by Gasteiger charge is 2.40. The molecule has 0 aromatic heterocycles. The highest BCUT2D eigenvalue weighted by atomic mass is 35.5. The lowest BCUT2D eigenvalue weighted by Crippen LogP contribution is -2.45. The Hall–Kier alpha value is -0.670. The first kappa shape index (κ1) is 18.1. The van der Waals surface area contributed by atoms with Crippen LogP contribution in [0, 0.1) is 0 Å². The third-order valence-corrected chi connectivity index (χ3v) is 8.38. The van der Waals surface area contributed by atoms with E-state index in [0.29, 0.717) is 18.1 Å². The van der Waals surface area contributed by atoms with Crippen LogP contribution in [0.5, 0.6) is 0 Å². The molecule has 2 atom stereocenters. The Bertz CT molecular complexity index is 786. The molecule has 2 aliphatic rings. The molecule has 0 unspecified atom stereocenters. The van der Waals surface area contributed by atoms with Gasteiger partial charge in [-0.1, -0.05) is 11.6 Å². The molecule has 2 heterocycles. The predicted octanol–water partition coefficient (Wildman–Crippen LogP) is 1.70. The second-order valence-corrected chi connectivity index (χ2v) is 10.8. The van der Waals surface area contributed by atoms with Gasteiger partial charge < -0.3 is 4.74 Å². The SMILES string of the molecule is O=S1(=O)CC[C@@H](N(C[C@@H]2CCCO2)S(=O)(=O)c2ccc(Cl)cc2)C1. The van der Waals surface area contributed by atoms with Crippen LogP contribution < -0.4 is 0 Å². The number of rotatable bonds is 5. The number of sulfone groups is 1. The summed E-state index contributed by atoms with van der Waals surface area (Å²) in [4.78, 5) is 0.120. The molecule has 1 aromatic rings. The fourth-order valence-corrected chi connectivity index (χ4v) is 6.81. The smallest absolute Gasteiger partial charge is 0.243 e. The standard InChI is InChI=1S/C15H20ClNO5S2/c16-12-3-5-15(6-4-12)24(20,21)17(10-14-2-1-8-22-14)13-7-9-23(18,19)11-13/h3-6,13-14H,1-2,7-11H2/t13-,14+/m1/s1. The van der Waals surface area contributed by atoms with Gasteiger partial charge in [0, 0.05) is 24.2 Å². The van der Waals surface area contributed by atoms with Crippen molar-refractivity contribution >= 4 is 31.5 Å². The van der Waals surface area contributed by atoms with Crippen LogP contribution >= 0.6 is 11.6 Å². The summed E-state index contributed by atoms with van der Waals surface area (Å²) in [6, 6.07) is 5.39. The summed E-state index contributed by atoms with van der Waals surface area (Å²) < 4.78 is 56.6. The minimum atomic E-state index is -3.81. The van der Waals surface area contributed by atoms with E-state index in [4.69, 9.17) is 16.3 Å². The molecule has 134 valence electrons. The number of ether oxygens (including phenoxy) is 1. The van der Waals surface area contributed by atoms with Gasteiger partial charge in [-0.2, -0.15) is 4.31 Å². The van der Waals surface area contributed by atoms with Crippen molar-refractivity contribution in [3.8, 4) is 0 Å². The Kier molecular flexibility index (Phi) is 5.22. The molecule has 0 aliphatic carbocycles. The van der Waals surface area contributed by atoms with E-state index >= 15 is 0 Å². The van der Waals surface area contributed by atoms with E-state index in [1.54, 1.807) is 0 Å². The fourth-order valence-electron chi connectivity index (χ4n) is 3.18. The molecule has 9 heteroatoms. The summed E-state index contributed by atoms with van der Waals surface area (Å²) in [6.45, 7) is 0.799. The fraction of sp³-hybridized carbons (Fsp3) is 0.600. The van der Waals surface area contributed by atoms with E-state index in [0.717, 1.165) is 12.8 Å². The normalized spacial score (nSPS) is 26.9. The van der Waals surface area contributed by atoms with E-state index in [2.05, 4.69) is 0 Å². The minimum absolute atomic E-state index is 0.0236. The Balaban J connectivity index is 1.91. The van der Waals surface area contributed by atoms with Gasteiger partial charge in [0.1, 0.15) is 0 Å². The van der Waals surface area contributed by atoms with Crippen molar-refractivity contribution in [3.05, 3.63) is 29.3 Å². The van der Waals surface area contributed by atoms with E-state index < -0.39 is 25.9 Å². The Labute approximate surface area is 147 Å². The van der Waals surface area contributed by atoms with Crippen LogP contribution in [-0.2, 0) is 24.6 Å². The molecule has 2 aliphatic heterocycles. The average molecular weight is 394 g/mol. The lowest BCUT2D eigenvalue weighted by Gasteiger charge is -2.29. The lowest BCUT2D eigenvalue weighted by atomic mass is 10.2. The molecule has 0 saturated carbocycles. The second-order valence-electron chi connectivity index (χ2n) is 6.22. The van der Waals surface area contributed by atoms with Gasteiger partial charge in [-0.3, -0.25) is 0 Å². The summed E-state index contributed by atoms with van der Waals surface area (Å²) in [5, 5.41) is 0.447. The predicted molar refractivity (Wildman–Crippen MR) is 91.4 cm³/mol. The van der Waals surface area contributed by atoms with Crippen molar-refractivity contribution in [2.24, 2.45) is 0 Å². The summed E-state index contributed by atoms with van der Waals surface area (Å²) in [5.74, 6) is -0.109. The molecule has 1 aromatic carbocycles. The Morgan fingerprint density at radius 3 is 2.46 bits per heavy atom. The Morgan fingerprint density at radius 1 is 1.21 bits per heavy atom. The molecule has 3 rings (SSSR count). The van der Waals surface area contributed by atoms with Crippen molar-refractivity contribution in [1.82, 2.24) is 4.31 Å². The van der Waals surface area contributed by atoms with Crippen LogP contribution in [0.1, 0.15) is 19.3 Å². The monoisotopic (exact) mass is 393 g/mol. The summed E-state index contributed by atoms with van der Waals surface area (Å²) in [6.07, 6.45) is 1.81. The van der Waals surface area contributed by atoms with Crippen LogP contribution in [0.25, 0.3) is 0 Å². The number of nitrogens with zero attached hydrogens (tertiary/aromatic N) is 1. The van der Waals surface area contributed by atoms with Gasteiger partial charge in [-0.15, -0.1) is 0 Å². The first-order valence-electron chi connectivity index (χ1n) is 7.87. The van der Waals surface area contributed by atoms with E-state index in [-0.39, 0.29) is 29.0 Å². The van der Waals surface area contributed by atoms with E-state index in [1.807, 2.05) is 0 Å². The highest BCUT2D eigenvalue weighted by Crippen LogP contribution is 2.28. The molecule has 24 heavy (non-hydrogen) atoms. The number of halogens is 1. The zero-order valence-electron chi connectivity index (χ0n) is 13.1. The minimum Gasteiger partial charge on any atom is -0.377 e. The number of hydrogen-bond acceptors (Lipinski definition) is 5. The average Bonchev–Trinajstić information content (AvgIpc) is 3.14. The van der Waals surface area contributed by atoms with E-state index in [1.165, 1.54) is 28.6 Å². The summed E-state index contributed by atoms with van der Waals surface area (Å²) >= 11 is 5.84. The molecule has 0 bridgehead atoms. The summed E-state index contributed by atoms with van der Waals surface area (Å²) in [7, 11) is -7.00. The maximum Gasteiger partial charge on any atom is 0.243 e. The number of benzene rings is 1. The molecule has 6 nitrogen and oxygen atoms in total. The molecule has 0 radical (unpaired) electrons. The van der Waals surface area contributed by atoms with Crippen LogP contribution in [-0.4, -0.2) is 57.9 Å². The maximum absolute atomic E-state index is 13.1. The van der Waals surface area contributed by atoms with E-state index in [9.17, 15) is 16.8 Å². The topological polar surface area (TPSA) is 80.8 Å². The van der Waals surface area contributed by atoms with Gasteiger partial charge in [-0.05, 0) is 43.5 Å². The van der Waals surface area contributed by atoms with Gasteiger partial charge in [0.2, 0.25) is 10.0 Å². The van der Waals surface area contributed by atoms with Crippen LogP contribution in [0.15, 0.2) is 29.2 Å². The van der Waals surface area contributed by atoms with Gasteiger partial charge in [0.25, 0.3) is 0 Å². The maximum atomic E-state index is 13.1. The van der Waals surface area contributed by atoms with Crippen molar-refractivity contribution in [2.45, 2.75) is 36.3 Å². The summed E-state index contributed by atoms with van der Waals surface area (Å²) in [5.41, 5.74) is 0. The highest BCUT2D eigenvalue weighted by molar-refractivity contribution is 7.92. The van der Waals surface area contributed by atoms with Crippen molar-refractivity contribution in [3.63, 3.8) is 0 Å². The third kappa shape index (κ3) is 3.94. The zero-order valence-corrected chi connectivity index (χ0v) is 15.5. The molecule has 0 spiro atoms. The lowest BCUT2D eigenvalue weighted by molar-refractivity contribution is 0.0877. The van der Waals surface area contributed by atoms with Crippen molar-refractivity contribution in [2.75, 3.05) is 24.7 Å².